The smallest absolute Gasteiger partial charge is 0.317 e. The van der Waals surface area contributed by atoms with Crippen molar-refractivity contribution in [3.63, 3.8) is 0 Å². The monoisotopic (exact) mass is 2090 g/mol. The number of primary amides is 1. The normalized spacial score (nSPS) is 21.0. The number of benzene rings is 5. The molecule has 46 nitrogen and oxygen atoms in total. The summed E-state index contributed by atoms with van der Waals surface area (Å²) in [5.41, 5.74) is 9.17. The van der Waals surface area contributed by atoms with E-state index in [1.165, 1.54) is 82.9 Å². The van der Waals surface area contributed by atoms with Crippen LogP contribution in [0.5, 0.6) is 11.5 Å². The number of hydrogen-bond donors (Lipinski definition) is 20. The average molecular weight is 2090 g/mol. The number of aliphatic hydroxyl groups is 2. The van der Waals surface area contributed by atoms with E-state index in [0.717, 1.165) is 38.7 Å². The van der Waals surface area contributed by atoms with E-state index in [9.17, 15) is 83.3 Å². The second-order valence-electron chi connectivity index (χ2n) is 38.2. The van der Waals surface area contributed by atoms with E-state index in [1.54, 1.807) is 86.5 Å². The Balaban J connectivity index is 1.00. The van der Waals surface area contributed by atoms with E-state index in [4.69, 9.17) is 5.73 Å². The number of carbonyl (C=O) groups is 18. The van der Waals surface area contributed by atoms with E-state index < -0.39 is 237 Å². The van der Waals surface area contributed by atoms with Crippen molar-refractivity contribution < 1.29 is 126 Å². The third kappa shape index (κ3) is 35.9. The topological polar surface area (TPSA) is 653 Å². The molecule has 4 heterocycles. The van der Waals surface area contributed by atoms with Crippen LogP contribution >= 0.6 is 0 Å². The number of hydrogen-bond acceptors (Lipinski definition) is 26. The average Bonchev–Trinajstić information content (AvgIpc) is 1.49. The number of phenolic OH excluding ortho intramolecular Hbond substituents is 2. The molecule has 2 aliphatic heterocycles. The Bertz CT molecular complexity index is 5820. The molecule has 1 aliphatic carbocycles. The summed E-state index contributed by atoms with van der Waals surface area (Å²) in [6, 6.07) is 12.1. The van der Waals surface area contributed by atoms with Gasteiger partial charge in [-0.05, 0) is 159 Å². The zero-order valence-electron chi connectivity index (χ0n) is 84.7. The van der Waals surface area contributed by atoms with Gasteiger partial charge in [-0.15, -0.1) is 0 Å². The van der Waals surface area contributed by atoms with Gasteiger partial charge in [-0.2, -0.15) is 0 Å². The Hall–Kier alpha value is -15.1. The van der Waals surface area contributed by atoms with Crippen molar-refractivity contribution in [2.24, 2.45) is 11.7 Å². The minimum atomic E-state index is -1.90. The standard InChI is InChI=1S/C103H138FN21O25/c1-62(128)111-77-21-15-23-86(131)110-55-85(102(149)120(4)84(49-65-24-31-69(104)32-25-65)99(146)112-76(93(105)140)20-11-13-38-106-87(132)56-122-40-42-123(57-89(134)135)44-46-125(59-91(138)139)47-45-124(43-41-122)58-90(136)137)121(5)103(150)92(66-29-30-66)117-97(144)80(50-67-53-108-74-19-10-9-18-72(67)74)114-96(143)79(51-68-54-109-75-36-35-71(130)52-73(68)75)115-98(145)82(22-12-14-39-107-88(133)61-127)118(2)101(148)83(37-28-63-16-7-6-8-17-63)119(3)100(147)81(60-126)116-95(142)78(113-94(77)141)48-64-26-33-70(129)34-27-64/h6-10,16-19,24-27,31-36,52-54,66,76-85,92,108-109,126-127,129-130H,11-15,20-23,28-30,37-51,55-61H2,1-5H3,(H2,105,140)(H,106,132)(H,107,133)(H,110,131)(H,111,128)(H,112,146)(H,113,141)(H,114,143)(H,115,145)(H,116,142)(H,117,144)(H,134,135)(H,136,137)(H,138,139)/t76-,77-,78-,79-,80-,81-,82-,83-,84-,85-,92-/m0/s1. The summed E-state index contributed by atoms with van der Waals surface area (Å²) in [4.78, 5) is 277. The highest BCUT2D eigenvalue weighted by Gasteiger charge is 2.46. The van der Waals surface area contributed by atoms with Crippen molar-refractivity contribution in [2.75, 3.05) is 140 Å². The van der Waals surface area contributed by atoms with Gasteiger partial charge in [0.25, 0.3) is 0 Å². The molecule has 11 atom stereocenters. The molecule has 0 unspecified atom stereocenters. The van der Waals surface area contributed by atoms with Gasteiger partial charge >= 0.3 is 17.9 Å². The lowest BCUT2D eigenvalue weighted by molar-refractivity contribution is -0.150. The quantitative estimate of drug-likeness (QED) is 0.0187. The van der Waals surface area contributed by atoms with Crippen LogP contribution in [0.1, 0.15) is 112 Å². The van der Waals surface area contributed by atoms with E-state index in [1.807, 2.05) is 0 Å². The van der Waals surface area contributed by atoms with Crippen LogP contribution in [0.3, 0.4) is 0 Å². The van der Waals surface area contributed by atoms with E-state index in [-0.39, 0.29) is 173 Å². The Morgan fingerprint density at radius 1 is 0.513 bits per heavy atom. The molecule has 2 aromatic heterocycles. The number of H-pyrrole nitrogens is 2. The summed E-state index contributed by atoms with van der Waals surface area (Å²) < 4.78 is 14.8. The number of aryl methyl sites for hydroxylation is 1. The molecular formula is C103H138FN21O25. The number of nitrogens with two attached hydrogens (primary N) is 1. The first-order valence-electron chi connectivity index (χ1n) is 50.1. The minimum absolute atomic E-state index is 0.00712. The molecule has 10 rings (SSSR count). The second kappa shape index (κ2) is 57.5. The molecule has 2 saturated heterocycles. The highest BCUT2D eigenvalue weighted by Crippen LogP contribution is 2.35. The summed E-state index contributed by atoms with van der Waals surface area (Å²) in [6.07, 6.45) is 1.10. The van der Waals surface area contributed by atoms with Gasteiger partial charge in [0, 0.05) is 173 Å². The molecule has 0 radical (unpaired) electrons. The number of carboxylic acid groups (broad SMARTS) is 3. The van der Waals surface area contributed by atoms with Gasteiger partial charge in [0.05, 0.1) is 32.8 Å². The fourth-order valence-electron chi connectivity index (χ4n) is 18.4. The molecule has 47 heteroatoms. The second-order valence-corrected chi connectivity index (χ2v) is 38.2. The number of unbranched alkanes of at least 4 members (excludes halogenated alkanes) is 2. The summed E-state index contributed by atoms with van der Waals surface area (Å²) in [5, 5.41) is 99.3. The number of aromatic nitrogens is 2. The molecule has 0 bridgehead atoms. The lowest BCUT2D eigenvalue weighted by Gasteiger charge is -2.36. The number of para-hydroxylation sites is 1. The molecule has 0 spiro atoms. The maximum Gasteiger partial charge on any atom is 0.317 e. The number of halogens is 1. The zero-order valence-corrected chi connectivity index (χ0v) is 84.7. The van der Waals surface area contributed by atoms with Crippen LogP contribution in [0.2, 0.25) is 0 Å². The number of fused-ring (bicyclic) bond motifs is 2. The number of rotatable bonds is 38. The molecule has 3 aliphatic rings. The van der Waals surface area contributed by atoms with Crippen LogP contribution in [0.4, 0.5) is 4.39 Å². The molecule has 150 heavy (non-hydrogen) atoms. The van der Waals surface area contributed by atoms with E-state index in [0.29, 0.717) is 56.9 Å². The Kier molecular flexibility index (Phi) is 44.8. The van der Waals surface area contributed by atoms with Gasteiger partial charge in [-0.3, -0.25) is 106 Å². The van der Waals surface area contributed by atoms with Gasteiger partial charge in [0.15, 0.2) is 0 Å². The molecule has 812 valence electrons. The van der Waals surface area contributed by atoms with Crippen molar-refractivity contribution in [1.29, 1.82) is 0 Å². The number of nitrogens with one attached hydrogen (secondary N) is 12. The molecular weight excluding hydrogens is 1950 g/mol. The number of aromatic amines is 2. The summed E-state index contributed by atoms with van der Waals surface area (Å²) in [6.45, 7) is -1.92. The van der Waals surface area contributed by atoms with E-state index >= 15 is 43.2 Å². The number of carboxylic acids is 3. The maximum absolute atomic E-state index is 16.1. The predicted octanol–water partition coefficient (Wildman–Crippen LogP) is -1.95. The van der Waals surface area contributed by atoms with Crippen LogP contribution in [-0.4, -0.2) is 397 Å². The number of aromatic hydroxyl groups is 2. The molecule has 15 amide bonds. The largest absolute Gasteiger partial charge is 0.508 e. The maximum atomic E-state index is 16.1. The Morgan fingerprint density at radius 3 is 1.60 bits per heavy atom. The van der Waals surface area contributed by atoms with Crippen LogP contribution in [0, 0.1) is 11.7 Å². The van der Waals surface area contributed by atoms with Crippen LogP contribution in [0.15, 0.2) is 134 Å². The Labute approximate surface area is 865 Å². The van der Waals surface area contributed by atoms with Gasteiger partial charge < -0.3 is 124 Å². The van der Waals surface area contributed by atoms with Crippen LogP contribution in [-0.2, 0) is 118 Å². The lowest BCUT2D eigenvalue weighted by Crippen LogP contribution is -2.63. The summed E-state index contributed by atoms with van der Waals surface area (Å²) in [5.74, 6) is -19.1. The predicted molar refractivity (Wildman–Crippen MR) is 543 cm³/mol. The summed E-state index contributed by atoms with van der Waals surface area (Å²) >= 11 is 0. The number of nitrogens with zero attached hydrogens (tertiary/aromatic N) is 8. The van der Waals surface area contributed by atoms with Crippen molar-refractivity contribution in [2.45, 2.75) is 183 Å². The van der Waals surface area contributed by atoms with Crippen molar-refractivity contribution in [3.05, 3.63) is 167 Å². The summed E-state index contributed by atoms with van der Waals surface area (Å²) in [7, 11) is 4.90. The highest BCUT2D eigenvalue weighted by atomic mass is 19.1. The molecule has 7 aromatic rings. The van der Waals surface area contributed by atoms with Gasteiger partial charge in [0.1, 0.15) is 90.4 Å². The Morgan fingerprint density at radius 2 is 1.03 bits per heavy atom. The fraction of sp³-hybridized carbons (Fsp3) is 0.495. The van der Waals surface area contributed by atoms with Crippen molar-refractivity contribution in [3.8, 4) is 11.5 Å². The zero-order chi connectivity index (χ0) is 109. The number of likely N-dealkylation sites (N-methyl/N-ethyl adjacent to an activating group) is 4. The van der Waals surface area contributed by atoms with Crippen molar-refractivity contribution in [1.82, 2.24) is 102 Å². The van der Waals surface area contributed by atoms with Crippen LogP contribution in [0.25, 0.3) is 21.8 Å². The number of aliphatic hydroxyl groups excluding tert-OH is 2. The first kappa shape index (κ1) is 117. The SMILES string of the molecule is CC(=O)N[C@H]1CCCC(=O)NC[C@@H](C(=O)N(C)[C@@H](Cc2ccc(F)cc2)C(=O)N[C@@H](CCCCNC(=O)CN2CCN(CC(=O)O)CCN(CC(=O)O)CCN(CC(=O)O)CC2)C(N)=O)N(C)C(=O)[C@H](C2CC2)NC(=O)[C@H](Cc2c[nH]c3ccccc23)NC(=O)[C@H](Cc2c[nH]c3ccc(O)cc23)NC(=O)[C@H](CCCCNC(=O)CO)N(C)C(=O)[C@H](CCc2ccccc2)N(C)C(=O)[C@H](CO)NC(=O)[C@H](Cc2ccc(O)cc2)NC1=O. The van der Waals surface area contributed by atoms with Gasteiger partial charge in [-0.1, -0.05) is 72.8 Å². The first-order chi connectivity index (χ1) is 71.6. The van der Waals surface area contributed by atoms with Crippen molar-refractivity contribution >= 4 is 128 Å². The minimum Gasteiger partial charge on any atom is -0.508 e. The fourth-order valence-corrected chi connectivity index (χ4v) is 18.4. The first-order valence-corrected chi connectivity index (χ1v) is 50.1. The number of amides is 15. The van der Waals surface area contributed by atoms with Gasteiger partial charge in [-0.25, -0.2) is 4.39 Å². The lowest BCUT2D eigenvalue weighted by atomic mass is 9.99. The van der Waals surface area contributed by atoms with E-state index in [2.05, 4.69) is 63.1 Å². The highest BCUT2D eigenvalue weighted by molar-refractivity contribution is 6.01. The molecule has 21 N–H and O–H groups in total. The number of aliphatic carboxylic acids is 3. The van der Waals surface area contributed by atoms with Crippen LogP contribution < -0.4 is 58.9 Å². The molecule has 3 fully saturated rings. The molecule has 1 saturated carbocycles. The number of carbonyl (C=O) groups excluding carboxylic acids is 15. The molecule has 5 aromatic carbocycles. The third-order valence-corrected chi connectivity index (χ3v) is 27.1. The third-order valence-electron chi connectivity index (χ3n) is 27.1. The van der Waals surface area contributed by atoms with Gasteiger partial charge in [0.2, 0.25) is 88.6 Å². The number of phenols is 2.